The molecule has 26 heteroatoms. The van der Waals surface area contributed by atoms with Gasteiger partial charge < -0.3 is 14.7 Å². The number of nitrogens with zero attached hydrogens (tertiary/aromatic N) is 2. The lowest BCUT2D eigenvalue weighted by Gasteiger charge is -2.27. The molecular formula is C36H45N2O19S5+. The predicted octanol–water partition coefficient (Wildman–Crippen LogP) is 3.04. The smallest absolute Gasteiger partial charge is 0.338 e. The third-order valence-corrected chi connectivity index (χ3v) is 14.1. The van der Waals surface area contributed by atoms with Crippen molar-refractivity contribution in [3.63, 3.8) is 0 Å². The largest absolute Gasteiger partial charge is 0.478 e. The van der Waals surface area contributed by atoms with Gasteiger partial charge in [-0.1, -0.05) is 32.1 Å². The quantitative estimate of drug-likeness (QED) is 0.0387. The number of carbonyl (C=O) groups excluding carboxylic acids is 1. The summed E-state index contributed by atoms with van der Waals surface area (Å²) in [5.41, 5.74) is -2.21. The highest BCUT2D eigenvalue weighted by Crippen LogP contribution is 2.50. The van der Waals surface area contributed by atoms with E-state index in [0.717, 1.165) is 24.3 Å². The molecule has 0 spiro atoms. The number of ether oxygens (including phenoxy) is 1. The zero-order valence-corrected chi connectivity index (χ0v) is 37.6. The maximum absolute atomic E-state index is 13.5. The monoisotopic (exact) mass is 969 g/mol. The molecule has 2 aliphatic rings. The lowest BCUT2D eigenvalue weighted by Crippen LogP contribution is -2.29. The van der Waals surface area contributed by atoms with Crippen LogP contribution in [0.3, 0.4) is 0 Å². The van der Waals surface area contributed by atoms with E-state index >= 15 is 0 Å². The molecule has 2 heterocycles. The number of aromatic carboxylic acids is 1. The lowest BCUT2D eigenvalue weighted by molar-refractivity contribution is -0.437. The Bertz CT molecular complexity index is 2880. The summed E-state index contributed by atoms with van der Waals surface area (Å²) in [5, 5.41) is 10.1. The summed E-state index contributed by atoms with van der Waals surface area (Å²) in [7, 11) is -23.2. The number of anilines is 1. The first-order valence-electron chi connectivity index (χ1n) is 18.2. The summed E-state index contributed by atoms with van der Waals surface area (Å²) in [6.45, 7) is 5.64. The maximum atomic E-state index is 13.5. The SMILES string of the molecule is CC1(C)C(/C=C/C=C/C=C2/N(CCCS(=O)(=O)O)c3cc(S(=O)(=O)O)cc(C(=O)O)c3C2(C)C)=[N+](CCCS(=O)(=O)O)c2cc(S(=O)(=O)O)cc(C(=O)OCCCS(=O)(=O)O)c21. The zero-order chi connectivity index (χ0) is 47.0. The Morgan fingerprint density at radius 3 is 1.76 bits per heavy atom. The van der Waals surface area contributed by atoms with Crippen molar-refractivity contribution in [1.29, 1.82) is 0 Å². The number of carboxylic acids is 1. The van der Waals surface area contributed by atoms with Gasteiger partial charge in [0.05, 0.1) is 50.9 Å². The first-order chi connectivity index (χ1) is 28.2. The summed E-state index contributed by atoms with van der Waals surface area (Å²) in [6.07, 6.45) is 6.77. The van der Waals surface area contributed by atoms with E-state index in [2.05, 4.69) is 0 Å². The van der Waals surface area contributed by atoms with Gasteiger partial charge in [-0.15, -0.1) is 0 Å². The minimum absolute atomic E-state index is 0.0283. The summed E-state index contributed by atoms with van der Waals surface area (Å²) < 4.78 is 172. The molecule has 0 saturated heterocycles. The number of carbonyl (C=O) groups is 2. The highest BCUT2D eigenvalue weighted by molar-refractivity contribution is 7.86. The van der Waals surface area contributed by atoms with Crippen molar-refractivity contribution in [2.75, 3.05) is 41.9 Å². The van der Waals surface area contributed by atoms with Gasteiger partial charge in [0, 0.05) is 47.5 Å². The maximum Gasteiger partial charge on any atom is 0.338 e. The normalized spacial score (nSPS) is 17.3. The number of hydrogen-bond donors (Lipinski definition) is 6. The molecule has 0 aromatic heterocycles. The molecule has 0 radical (unpaired) electrons. The number of esters is 1. The minimum atomic E-state index is -4.99. The predicted molar refractivity (Wildman–Crippen MR) is 222 cm³/mol. The topological polar surface area (TPSA) is 342 Å². The van der Waals surface area contributed by atoms with Crippen LogP contribution in [0.4, 0.5) is 11.4 Å². The van der Waals surface area contributed by atoms with Crippen molar-refractivity contribution in [2.24, 2.45) is 0 Å². The fourth-order valence-electron chi connectivity index (χ4n) is 7.49. The Kier molecular flexibility index (Phi) is 14.6. The Morgan fingerprint density at radius 2 is 1.21 bits per heavy atom. The van der Waals surface area contributed by atoms with Crippen LogP contribution in [0.2, 0.25) is 0 Å². The Labute approximate surface area is 358 Å². The van der Waals surface area contributed by atoms with Gasteiger partial charge in [-0.2, -0.15) is 46.7 Å². The second-order valence-electron chi connectivity index (χ2n) is 15.3. The van der Waals surface area contributed by atoms with E-state index in [1.165, 1.54) is 39.9 Å². The first-order valence-corrected chi connectivity index (χ1v) is 25.9. The standard InChI is InChI=1S/C36H44N2O19S5/c1-35(2)29(37(13-8-16-58(42,43)44)27-21-23(61(51,52)53)19-25(31(27)35)33(39)40)11-6-5-7-12-30-36(3,4)32-26(34(41)57-15-10-18-60(48,49)50)20-24(62(54,55)56)22-28(32)38(30)14-9-17-59(45,46)47/h5-7,11-12,19-22H,8-10,13-18H2,1-4H3,(H5-,39,40,42,43,44,45,46,47,48,49,50,51,52,53,54,55,56)/p+1. The third-order valence-electron chi connectivity index (χ3n) is 10.0. The zero-order valence-electron chi connectivity index (χ0n) is 33.5. The molecule has 0 amide bonds. The summed E-state index contributed by atoms with van der Waals surface area (Å²) in [5.74, 6) is -4.82. The molecule has 2 aromatic rings. The van der Waals surface area contributed by atoms with Crippen LogP contribution in [0, 0.1) is 0 Å². The van der Waals surface area contributed by atoms with Gasteiger partial charge in [-0.25, -0.2) is 9.59 Å². The van der Waals surface area contributed by atoms with Crippen molar-refractivity contribution >= 4 is 79.6 Å². The number of rotatable bonds is 19. The number of allylic oxidation sites excluding steroid dienone is 6. The van der Waals surface area contributed by atoms with Gasteiger partial charge in [-0.05, 0) is 51.0 Å². The molecule has 0 atom stereocenters. The molecule has 6 N–H and O–H groups in total. The van der Waals surface area contributed by atoms with E-state index < -0.39 is 113 Å². The summed E-state index contributed by atoms with van der Waals surface area (Å²) >= 11 is 0. The van der Waals surface area contributed by atoms with Gasteiger partial charge in [0.2, 0.25) is 5.69 Å². The molecule has 0 fully saturated rings. The van der Waals surface area contributed by atoms with E-state index in [9.17, 15) is 75.0 Å². The van der Waals surface area contributed by atoms with E-state index in [1.54, 1.807) is 27.7 Å². The van der Waals surface area contributed by atoms with Gasteiger partial charge in [0.15, 0.2) is 5.71 Å². The molecule has 4 rings (SSSR count). The van der Waals surface area contributed by atoms with Crippen molar-refractivity contribution in [3.8, 4) is 0 Å². The average molecular weight is 970 g/mol. The molecule has 0 aliphatic carbocycles. The second-order valence-corrected chi connectivity index (χ2v) is 22.8. The van der Waals surface area contributed by atoms with Gasteiger partial charge >= 0.3 is 11.9 Å². The second kappa shape index (κ2) is 18.0. The van der Waals surface area contributed by atoms with E-state index in [1.807, 2.05) is 0 Å². The Morgan fingerprint density at radius 1 is 0.677 bits per heavy atom. The van der Waals surface area contributed by atoms with Crippen molar-refractivity contribution in [3.05, 3.63) is 82.6 Å². The summed E-state index contributed by atoms with van der Waals surface area (Å²) in [4.78, 5) is 25.9. The lowest BCUT2D eigenvalue weighted by atomic mass is 9.79. The van der Waals surface area contributed by atoms with Crippen LogP contribution in [-0.2, 0) is 66.2 Å². The number of carboxylic acid groups (broad SMARTS) is 1. The fourth-order valence-corrected chi connectivity index (χ4v) is 10.0. The van der Waals surface area contributed by atoms with Crippen molar-refractivity contribution in [1.82, 2.24) is 0 Å². The molecule has 0 saturated carbocycles. The number of hydrogen-bond acceptors (Lipinski definition) is 14. The molecular weight excluding hydrogens is 925 g/mol. The van der Waals surface area contributed by atoms with Crippen LogP contribution >= 0.6 is 0 Å². The highest BCUT2D eigenvalue weighted by Gasteiger charge is 2.48. The number of benzene rings is 2. The fraction of sp³-hybridized carbons (Fsp3) is 0.417. The molecule has 0 bridgehead atoms. The van der Waals surface area contributed by atoms with Crippen LogP contribution in [0.15, 0.2) is 70.1 Å². The first kappa shape index (κ1) is 50.3. The van der Waals surface area contributed by atoms with Gasteiger partial charge in [-0.3, -0.25) is 22.8 Å². The van der Waals surface area contributed by atoms with E-state index in [4.69, 9.17) is 9.29 Å². The highest BCUT2D eigenvalue weighted by atomic mass is 32.2. The van der Waals surface area contributed by atoms with Crippen LogP contribution in [0.25, 0.3) is 0 Å². The van der Waals surface area contributed by atoms with Gasteiger partial charge in [0.25, 0.3) is 50.6 Å². The Balaban J connectivity index is 1.85. The minimum Gasteiger partial charge on any atom is -0.478 e. The van der Waals surface area contributed by atoms with Crippen molar-refractivity contribution < 1.29 is 88.9 Å². The van der Waals surface area contributed by atoms with Crippen LogP contribution in [-0.4, -0.2) is 129 Å². The van der Waals surface area contributed by atoms with E-state index in [-0.39, 0.29) is 60.4 Å². The third kappa shape index (κ3) is 12.0. The Hall–Kier alpha value is -4.38. The van der Waals surface area contributed by atoms with E-state index in [0.29, 0.717) is 11.4 Å². The van der Waals surface area contributed by atoms with Crippen LogP contribution < -0.4 is 4.90 Å². The van der Waals surface area contributed by atoms with Crippen LogP contribution in [0.5, 0.6) is 0 Å². The molecule has 21 nitrogen and oxygen atoms in total. The van der Waals surface area contributed by atoms with Crippen LogP contribution in [0.1, 0.15) is 78.8 Å². The molecule has 0 unspecified atom stereocenters. The molecule has 2 aromatic carbocycles. The summed E-state index contributed by atoms with van der Waals surface area (Å²) in [6, 6.07) is 3.74. The van der Waals surface area contributed by atoms with Crippen molar-refractivity contribution in [2.45, 2.75) is 67.6 Å². The molecule has 342 valence electrons. The van der Waals surface area contributed by atoms with Gasteiger partial charge in [0.1, 0.15) is 11.4 Å². The molecule has 62 heavy (non-hydrogen) atoms. The average Bonchev–Trinajstić information content (AvgIpc) is 3.45. The number of fused-ring (bicyclic) bond motifs is 2. The molecule has 2 aliphatic heterocycles.